The van der Waals surface area contributed by atoms with E-state index in [0.717, 1.165) is 28.4 Å². The van der Waals surface area contributed by atoms with Gasteiger partial charge in [0.15, 0.2) is 5.78 Å². The summed E-state index contributed by atoms with van der Waals surface area (Å²) in [7, 11) is 0. The minimum atomic E-state index is -1.18. The Morgan fingerprint density at radius 1 is 1.20 bits per heavy atom. The van der Waals surface area contributed by atoms with Crippen molar-refractivity contribution in [1.82, 2.24) is 9.88 Å². The fourth-order valence-corrected chi connectivity index (χ4v) is 6.77. The van der Waals surface area contributed by atoms with Crippen LogP contribution in [0.3, 0.4) is 0 Å². The Morgan fingerprint density at radius 2 is 2.00 bits per heavy atom. The van der Waals surface area contributed by atoms with E-state index >= 15 is 0 Å². The lowest BCUT2D eigenvalue weighted by Crippen LogP contribution is -2.52. The van der Waals surface area contributed by atoms with E-state index in [1.165, 1.54) is 12.1 Å². The van der Waals surface area contributed by atoms with Crippen molar-refractivity contribution >= 4 is 39.0 Å². The number of amides is 1. The third-order valence-electron chi connectivity index (χ3n) is 7.68. The van der Waals surface area contributed by atoms with Crippen LogP contribution in [0.4, 0.5) is 11.4 Å². The number of nitrogens with one attached hydrogen (secondary N) is 1. The molecule has 2 saturated heterocycles. The summed E-state index contributed by atoms with van der Waals surface area (Å²) in [6.45, 7) is 0.685. The van der Waals surface area contributed by atoms with Crippen molar-refractivity contribution in [3.63, 3.8) is 0 Å². The summed E-state index contributed by atoms with van der Waals surface area (Å²) in [6.07, 6.45) is 4.89. The summed E-state index contributed by atoms with van der Waals surface area (Å²) in [5, 5.41) is 14.3. The minimum absolute atomic E-state index is 0.00670. The van der Waals surface area contributed by atoms with Gasteiger partial charge in [-0.1, -0.05) is 28.1 Å². The van der Waals surface area contributed by atoms with Crippen molar-refractivity contribution in [2.45, 2.75) is 30.3 Å². The predicted molar refractivity (Wildman–Crippen MR) is 132 cm³/mol. The van der Waals surface area contributed by atoms with Crippen molar-refractivity contribution in [2.24, 2.45) is 5.92 Å². The normalized spacial score (nSPS) is 27.0. The summed E-state index contributed by atoms with van der Waals surface area (Å²) in [4.78, 5) is 45.4. The third-order valence-corrected chi connectivity index (χ3v) is 8.17. The Labute approximate surface area is 209 Å². The first-order valence-corrected chi connectivity index (χ1v) is 12.3. The standard InChI is InChI=1S/C26H21BrN4O4/c27-17-7-10-20-19(13-17)26(25(33)29-20)23(24(32)16-3-1-11-28-14-16)22(21-4-2-12-30(21)26)15-5-8-18(9-6-15)31(34)35/h1,3,5-11,13-14,21-23H,2,4,12H2,(H,29,33)/t21?,22?,23?,26-/m1/s1. The van der Waals surface area contributed by atoms with Crippen molar-refractivity contribution in [1.29, 1.82) is 0 Å². The van der Waals surface area contributed by atoms with E-state index in [-0.39, 0.29) is 29.3 Å². The van der Waals surface area contributed by atoms with Gasteiger partial charge >= 0.3 is 0 Å². The number of rotatable bonds is 4. The molecular weight excluding hydrogens is 512 g/mol. The molecule has 9 heteroatoms. The van der Waals surface area contributed by atoms with Gasteiger partial charge in [0.25, 0.3) is 5.69 Å². The lowest BCUT2D eigenvalue weighted by atomic mass is 9.69. The molecule has 0 saturated carbocycles. The topological polar surface area (TPSA) is 105 Å². The fourth-order valence-electron chi connectivity index (χ4n) is 6.41. The summed E-state index contributed by atoms with van der Waals surface area (Å²) in [5.41, 5.74) is 1.57. The number of halogens is 1. The van der Waals surface area contributed by atoms with Crippen LogP contribution in [0, 0.1) is 16.0 Å². The monoisotopic (exact) mass is 532 g/mol. The van der Waals surface area contributed by atoms with Crippen molar-refractivity contribution < 1.29 is 14.5 Å². The maximum atomic E-state index is 14.3. The van der Waals surface area contributed by atoms with Crippen LogP contribution in [-0.4, -0.2) is 39.1 Å². The molecule has 1 N–H and O–H groups in total. The van der Waals surface area contributed by atoms with Crippen molar-refractivity contribution in [2.75, 3.05) is 11.9 Å². The van der Waals surface area contributed by atoms with Crippen molar-refractivity contribution in [3.8, 4) is 0 Å². The molecule has 2 aromatic carbocycles. The van der Waals surface area contributed by atoms with Gasteiger partial charge in [-0.3, -0.25) is 29.6 Å². The van der Waals surface area contributed by atoms with E-state index < -0.39 is 16.4 Å². The summed E-state index contributed by atoms with van der Waals surface area (Å²) < 4.78 is 0.828. The second kappa shape index (κ2) is 8.07. The van der Waals surface area contributed by atoms with E-state index in [1.54, 1.807) is 36.7 Å². The van der Waals surface area contributed by atoms with Crippen LogP contribution in [0.25, 0.3) is 0 Å². The number of aromatic nitrogens is 1. The number of carbonyl (C=O) groups is 2. The largest absolute Gasteiger partial charge is 0.324 e. The number of carbonyl (C=O) groups excluding carboxylic acids is 2. The average molecular weight is 533 g/mol. The smallest absolute Gasteiger partial charge is 0.269 e. The highest BCUT2D eigenvalue weighted by atomic mass is 79.9. The van der Waals surface area contributed by atoms with E-state index in [0.29, 0.717) is 17.8 Å². The van der Waals surface area contributed by atoms with Gasteiger partial charge in [0.1, 0.15) is 5.54 Å². The highest BCUT2D eigenvalue weighted by Crippen LogP contribution is 2.61. The van der Waals surface area contributed by atoms with E-state index in [2.05, 4.69) is 31.1 Å². The molecule has 35 heavy (non-hydrogen) atoms. The molecule has 4 heterocycles. The van der Waals surface area contributed by atoms with Gasteiger partial charge < -0.3 is 5.32 Å². The number of nitro groups is 1. The molecule has 0 aliphatic carbocycles. The van der Waals surface area contributed by atoms with Crippen LogP contribution >= 0.6 is 15.9 Å². The molecule has 0 bridgehead atoms. The highest BCUT2D eigenvalue weighted by molar-refractivity contribution is 9.10. The van der Waals surface area contributed by atoms with Gasteiger partial charge in [0.05, 0.1) is 10.8 Å². The maximum absolute atomic E-state index is 14.3. The van der Waals surface area contributed by atoms with Crippen LogP contribution in [0.2, 0.25) is 0 Å². The second-order valence-electron chi connectivity index (χ2n) is 9.27. The molecule has 2 fully saturated rings. The predicted octanol–water partition coefficient (Wildman–Crippen LogP) is 4.66. The Kier molecular flexibility index (Phi) is 5.08. The van der Waals surface area contributed by atoms with Gasteiger partial charge in [-0.25, -0.2) is 0 Å². The number of fused-ring (bicyclic) bond motifs is 4. The van der Waals surface area contributed by atoms with Crippen LogP contribution in [0.1, 0.15) is 40.2 Å². The number of non-ortho nitro benzene ring substituents is 1. The van der Waals surface area contributed by atoms with E-state index in [9.17, 15) is 19.7 Å². The van der Waals surface area contributed by atoms with Gasteiger partial charge in [-0.2, -0.15) is 0 Å². The Hall–Kier alpha value is -3.43. The number of hydrogen-bond donors (Lipinski definition) is 1. The van der Waals surface area contributed by atoms with Gasteiger partial charge in [-0.15, -0.1) is 0 Å². The molecule has 3 aliphatic heterocycles. The van der Waals surface area contributed by atoms with Crippen LogP contribution in [-0.2, 0) is 10.3 Å². The molecule has 8 nitrogen and oxygen atoms in total. The number of Topliss-reactive ketones (excluding diaryl/α,β-unsaturated/α-hetero) is 1. The lowest BCUT2D eigenvalue weighted by molar-refractivity contribution is -0.384. The first-order chi connectivity index (χ1) is 16.9. The lowest BCUT2D eigenvalue weighted by Gasteiger charge is -2.37. The SMILES string of the molecule is O=C(c1cccnc1)C1C(c2ccc([N+](=O)[O-])cc2)C2CCCN2[C@@]12C(=O)Nc1ccc(Br)cc12. The van der Waals surface area contributed by atoms with Gasteiger partial charge in [0, 0.05) is 57.8 Å². The zero-order valence-corrected chi connectivity index (χ0v) is 20.1. The number of nitrogens with zero attached hydrogens (tertiary/aromatic N) is 3. The first-order valence-electron chi connectivity index (χ1n) is 11.5. The molecule has 3 unspecified atom stereocenters. The molecule has 1 aromatic heterocycles. The average Bonchev–Trinajstić information content (AvgIpc) is 3.53. The van der Waals surface area contributed by atoms with Crippen LogP contribution in [0.5, 0.6) is 0 Å². The van der Waals surface area contributed by atoms with E-state index in [1.807, 2.05) is 18.2 Å². The molecule has 0 radical (unpaired) electrons. The Balaban J connectivity index is 1.60. The summed E-state index contributed by atoms with van der Waals surface area (Å²) in [5.74, 6) is -1.40. The minimum Gasteiger partial charge on any atom is -0.324 e. The van der Waals surface area contributed by atoms with Crippen LogP contribution in [0.15, 0.2) is 71.5 Å². The molecule has 176 valence electrons. The first kappa shape index (κ1) is 22.1. The number of ketones is 1. The fraction of sp³-hybridized carbons (Fsp3) is 0.269. The number of benzene rings is 2. The van der Waals surface area contributed by atoms with Gasteiger partial charge in [-0.05, 0) is 55.3 Å². The second-order valence-corrected chi connectivity index (χ2v) is 10.2. The highest BCUT2D eigenvalue weighted by Gasteiger charge is 2.69. The third kappa shape index (κ3) is 3.11. The molecule has 3 aliphatic rings. The summed E-state index contributed by atoms with van der Waals surface area (Å²) in [6, 6.07) is 15.5. The van der Waals surface area contributed by atoms with Gasteiger partial charge in [0.2, 0.25) is 5.91 Å². The Morgan fingerprint density at radius 3 is 2.71 bits per heavy atom. The molecule has 4 atom stereocenters. The molecule has 6 rings (SSSR count). The number of anilines is 1. The molecular formula is C26H21BrN4O4. The van der Waals surface area contributed by atoms with E-state index in [4.69, 9.17) is 0 Å². The number of nitro benzene ring substituents is 1. The maximum Gasteiger partial charge on any atom is 0.269 e. The van der Waals surface area contributed by atoms with Crippen LogP contribution < -0.4 is 5.32 Å². The summed E-state index contributed by atoms with van der Waals surface area (Å²) >= 11 is 3.55. The van der Waals surface area contributed by atoms with Crippen molar-refractivity contribution in [3.05, 3.63) is 98.3 Å². The molecule has 1 spiro atoms. The number of pyridine rings is 1. The zero-order chi connectivity index (χ0) is 24.3. The number of hydrogen-bond acceptors (Lipinski definition) is 6. The quantitative estimate of drug-likeness (QED) is 0.297. The molecule has 3 aromatic rings. The molecule has 1 amide bonds. The zero-order valence-electron chi connectivity index (χ0n) is 18.6. The Bertz CT molecular complexity index is 1360.